The minimum Gasteiger partial charge on any atom is -0.392 e. The Labute approximate surface area is 137 Å². The summed E-state index contributed by atoms with van der Waals surface area (Å²) in [5.41, 5.74) is 1.89. The summed E-state index contributed by atoms with van der Waals surface area (Å²) in [5.74, 6) is 1.26. The van der Waals surface area contributed by atoms with Crippen LogP contribution >= 0.6 is 34.7 Å². The first-order chi connectivity index (χ1) is 10.2. The van der Waals surface area contributed by atoms with E-state index in [2.05, 4.69) is 5.32 Å². The quantitative estimate of drug-likeness (QED) is 0.811. The van der Waals surface area contributed by atoms with Crippen LogP contribution in [-0.2, 0) is 23.7 Å². The molecule has 0 aliphatic rings. The van der Waals surface area contributed by atoms with Gasteiger partial charge in [0.2, 0.25) is 5.91 Å². The Bertz CT molecular complexity index is 584. The van der Waals surface area contributed by atoms with Gasteiger partial charge in [0.25, 0.3) is 0 Å². The Morgan fingerprint density at radius 1 is 1.19 bits per heavy atom. The zero-order chi connectivity index (χ0) is 15.1. The Hall–Kier alpha value is -1.01. The van der Waals surface area contributed by atoms with E-state index < -0.39 is 0 Å². The highest BCUT2D eigenvalue weighted by atomic mass is 35.5. The molecular weight excluding hydrogens is 326 g/mol. The van der Waals surface area contributed by atoms with Gasteiger partial charge in [0.05, 0.1) is 16.7 Å². The first kappa shape index (κ1) is 16.4. The normalized spacial score (nSPS) is 10.6. The zero-order valence-electron chi connectivity index (χ0n) is 11.3. The highest BCUT2D eigenvalue weighted by Crippen LogP contribution is 2.24. The molecule has 6 heteroatoms. The lowest BCUT2D eigenvalue weighted by atomic mass is 10.1. The second-order valence-corrected chi connectivity index (χ2v) is 7.24. The minimum atomic E-state index is 0.0221. The van der Waals surface area contributed by atoms with Crippen LogP contribution in [0.15, 0.2) is 36.4 Å². The SMILES string of the molecule is O=C(CSCc1ccc(Cl)s1)NCc1ccc(CO)cc1. The Kier molecular flexibility index (Phi) is 6.57. The van der Waals surface area contributed by atoms with Crippen molar-refractivity contribution in [3.8, 4) is 0 Å². The van der Waals surface area contributed by atoms with Crippen molar-refractivity contribution in [2.75, 3.05) is 5.75 Å². The van der Waals surface area contributed by atoms with E-state index in [0.29, 0.717) is 12.3 Å². The second-order valence-electron chi connectivity index (χ2n) is 4.45. The van der Waals surface area contributed by atoms with Crippen LogP contribution in [0.4, 0.5) is 0 Å². The molecule has 2 aromatic rings. The van der Waals surface area contributed by atoms with E-state index in [1.165, 1.54) is 4.88 Å². The predicted octanol–water partition coefficient (Wildman–Crippen LogP) is 3.44. The maximum atomic E-state index is 11.7. The number of aliphatic hydroxyl groups is 1. The van der Waals surface area contributed by atoms with E-state index in [0.717, 1.165) is 21.2 Å². The van der Waals surface area contributed by atoms with E-state index >= 15 is 0 Å². The minimum absolute atomic E-state index is 0.0221. The fourth-order valence-electron chi connectivity index (χ4n) is 1.69. The Morgan fingerprint density at radius 3 is 2.52 bits per heavy atom. The van der Waals surface area contributed by atoms with Crippen molar-refractivity contribution in [1.82, 2.24) is 5.32 Å². The zero-order valence-corrected chi connectivity index (χ0v) is 13.7. The molecule has 0 unspecified atom stereocenters. The van der Waals surface area contributed by atoms with Crippen molar-refractivity contribution in [2.45, 2.75) is 18.9 Å². The smallest absolute Gasteiger partial charge is 0.230 e. The second kappa shape index (κ2) is 8.44. The molecule has 0 fully saturated rings. The number of rotatable bonds is 7. The summed E-state index contributed by atoms with van der Waals surface area (Å²) in [4.78, 5) is 12.9. The number of aliphatic hydroxyl groups excluding tert-OH is 1. The molecule has 1 aromatic carbocycles. The molecule has 0 radical (unpaired) electrons. The summed E-state index contributed by atoms with van der Waals surface area (Å²) in [6, 6.07) is 11.4. The number of carbonyl (C=O) groups excluding carboxylic acids is 1. The summed E-state index contributed by atoms with van der Waals surface area (Å²) < 4.78 is 0.779. The van der Waals surface area contributed by atoms with Gasteiger partial charge < -0.3 is 10.4 Å². The molecule has 1 amide bonds. The van der Waals surface area contributed by atoms with Gasteiger partial charge in [-0.1, -0.05) is 35.9 Å². The van der Waals surface area contributed by atoms with E-state index in [9.17, 15) is 4.79 Å². The van der Waals surface area contributed by atoms with Crippen LogP contribution in [-0.4, -0.2) is 16.8 Å². The topological polar surface area (TPSA) is 49.3 Å². The lowest BCUT2D eigenvalue weighted by molar-refractivity contribution is -0.118. The lowest BCUT2D eigenvalue weighted by Crippen LogP contribution is -2.24. The maximum absolute atomic E-state index is 11.7. The Balaban J connectivity index is 1.67. The third-order valence-electron chi connectivity index (χ3n) is 2.80. The largest absolute Gasteiger partial charge is 0.392 e. The predicted molar refractivity (Wildman–Crippen MR) is 89.7 cm³/mol. The van der Waals surface area contributed by atoms with Crippen molar-refractivity contribution in [3.63, 3.8) is 0 Å². The molecule has 0 saturated carbocycles. The summed E-state index contributed by atoms with van der Waals surface area (Å²) in [5, 5.41) is 11.8. The van der Waals surface area contributed by atoms with Gasteiger partial charge in [-0.15, -0.1) is 23.1 Å². The van der Waals surface area contributed by atoms with Crippen LogP contribution < -0.4 is 5.32 Å². The van der Waals surface area contributed by atoms with Crippen molar-refractivity contribution in [3.05, 3.63) is 56.7 Å². The molecule has 0 saturated heterocycles. The van der Waals surface area contributed by atoms with Crippen LogP contribution in [0.3, 0.4) is 0 Å². The molecular formula is C15H16ClNO2S2. The fourth-order valence-corrected chi connectivity index (χ4v) is 3.74. The van der Waals surface area contributed by atoms with Gasteiger partial charge in [-0.2, -0.15) is 0 Å². The number of halogens is 1. The van der Waals surface area contributed by atoms with Crippen LogP contribution in [0.1, 0.15) is 16.0 Å². The molecule has 0 aliphatic heterocycles. The van der Waals surface area contributed by atoms with Crippen LogP contribution in [0.2, 0.25) is 4.34 Å². The molecule has 1 aromatic heterocycles. The molecule has 2 rings (SSSR count). The van der Waals surface area contributed by atoms with E-state index in [1.54, 1.807) is 23.1 Å². The first-order valence-corrected chi connectivity index (χ1v) is 8.79. The number of hydrogen-bond acceptors (Lipinski definition) is 4. The highest BCUT2D eigenvalue weighted by molar-refractivity contribution is 7.99. The number of thioether (sulfide) groups is 1. The molecule has 112 valence electrons. The molecule has 0 atom stereocenters. The summed E-state index contributed by atoms with van der Waals surface area (Å²) in [6.07, 6.45) is 0. The number of amides is 1. The third kappa shape index (κ3) is 5.71. The Morgan fingerprint density at radius 2 is 1.90 bits per heavy atom. The average Bonchev–Trinajstić information content (AvgIpc) is 2.91. The van der Waals surface area contributed by atoms with Gasteiger partial charge in [-0.25, -0.2) is 0 Å². The molecule has 21 heavy (non-hydrogen) atoms. The number of thiophene rings is 1. The van der Waals surface area contributed by atoms with Crippen molar-refractivity contribution >= 4 is 40.6 Å². The van der Waals surface area contributed by atoms with Gasteiger partial charge in [0, 0.05) is 17.2 Å². The van der Waals surface area contributed by atoms with Gasteiger partial charge in [-0.3, -0.25) is 4.79 Å². The third-order valence-corrected chi connectivity index (χ3v) is 5.20. The van der Waals surface area contributed by atoms with E-state index in [-0.39, 0.29) is 12.5 Å². The first-order valence-electron chi connectivity index (χ1n) is 6.44. The van der Waals surface area contributed by atoms with E-state index in [4.69, 9.17) is 16.7 Å². The lowest BCUT2D eigenvalue weighted by Gasteiger charge is -2.05. The summed E-state index contributed by atoms with van der Waals surface area (Å²) in [7, 11) is 0. The van der Waals surface area contributed by atoms with Crippen LogP contribution in [0.25, 0.3) is 0 Å². The number of hydrogen-bond donors (Lipinski definition) is 2. The number of carbonyl (C=O) groups is 1. The maximum Gasteiger partial charge on any atom is 0.230 e. The van der Waals surface area contributed by atoms with Crippen molar-refractivity contribution in [2.24, 2.45) is 0 Å². The molecule has 0 bridgehead atoms. The fraction of sp³-hybridized carbons (Fsp3) is 0.267. The molecule has 1 heterocycles. The monoisotopic (exact) mass is 341 g/mol. The molecule has 0 spiro atoms. The van der Waals surface area contributed by atoms with Crippen LogP contribution in [0, 0.1) is 0 Å². The van der Waals surface area contributed by atoms with Crippen LogP contribution in [0.5, 0.6) is 0 Å². The van der Waals surface area contributed by atoms with Crippen molar-refractivity contribution < 1.29 is 9.90 Å². The molecule has 2 N–H and O–H groups in total. The van der Waals surface area contributed by atoms with Crippen molar-refractivity contribution in [1.29, 1.82) is 0 Å². The number of nitrogens with one attached hydrogen (secondary N) is 1. The average molecular weight is 342 g/mol. The highest BCUT2D eigenvalue weighted by Gasteiger charge is 2.04. The number of benzene rings is 1. The van der Waals surface area contributed by atoms with Gasteiger partial charge >= 0.3 is 0 Å². The van der Waals surface area contributed by atoms with Gasteiger partial charge in [0.1, 0.15) is 0 Å². The standard InChI is InChI=1S/C15H16ClNO2S2/c16-14-6-5-13(21-14)9-20-10-15(19)17-7-11-1-3-12(8-18)4-2-11/h1-6,18H,7-10H2,(H,17,19). The van der Waals surface area contributed by atoms with Gasteiger partial charge in [-0.05, 0) is 23.3 Å². The van der Waals surface area contributed by atoms with E-state index in [1.807, 2.05) is 36.4 Å². The summed E-state index contributed by atoms with van der Waals surface area (Å²) >= 11 is 8.98. The molecule has 0 aliphatic carbocycles. The van der Waals surface area contributed by atoms with Gasteiger partial charge in [0.15, 0.2) is 0 Å². The summed E-state index contributed by atoms with van der Waals surface area (Å²) in [6.45, 7) is 0.548. The molecule has 3 nitrogen and oxygen atoms in total.